The molecule has 12 heteroatoms. The van der Waals surface area contributed by atoms with E-state index in [2.05, 4.69) is 30.3 Å². The third-order valence-corrected chi connectivity index (χ3v) is 11.1. The van der Waals surface area contributed by atoms with E-state index in [0.717, 1.165) is 5.56 Å². The summed E-state index contributed by atoms with van der Waals surface area (Å²) in [6, 6.07) is 6.53. The summed E-state index contributed by atoms with van der Waals surface area (Å²) in [6.45, 7) is 7.59. The van der Waals surface area contributed by atoms with Gasteiger partial charge in [0.15, 0.2) is 0 Å². The molecule has 2 aromatic heterocycles. The van der Waals surface area contributed by atoms with Crippen molar-refractivity contribution in [3.8, 4) is 6.07 Å². The average Bonchev–Trinajstić information content (AvgIpc) is 3.22. The van der Waals surface area contributed by atoms with Gasteiger partial charge in [0.1, 0.15) is 34.8 Å². The number of thiol groups is 1. The third kappa shape index (κ3) is 4.04. The number of nitrogens with one attached hydrogen (secondary N) is 3. The van der Waals surface area contributed by atoms with Crippen molar-refractivity contribution in [3.05, 3.63) is 52.7 Å². The van der Waals surface area contributed by atoms with Crippen LogP contribution in [0.4, 0.5) is 15.0 Å². The first kappa shape index (κ1) is 24.7. The molecule has 2 aliphatic rings. The van der Waals surface area contributed by atoms with Crippen molar-refractivity contribution in [2.24, 2.45) is 4.99 Å². The normalized spacial score (nSPS) is 25.0. The van der Waals surface area contributed by atoms with Gasteiger partial charge in [-0.2, -0.15) is 5.26 Å². The number of hydrogen-bond donors (Lipinski definition) is 5. The van der Waals surface area contributed by atoms with Crippen LogP contribution in [0, 0.1) is 24.1 Å². The van der Waals surface area contributed by atoms with Crippen LogP contribution < -0.4 is 15.4 Å². The van der Waals surface area contributed by atoms with Crippen LogP contribution in [-0.4, -0.2) is 47.8 Å². The van der Waals surface area contributed by atoms with Crippen LogP contribution in [0.25, 0.3) is 0 Å². The Labute approximate surface area is 203 Å². The summed E-state index contributed by atoms with van der Waals surface area (Å²) in [6.07, 6.45) is 0.626. The maximum absolute atomic E-state index is 15.2. The van der Waals surface area contributed by atoms with Crippen LogP contribution in [-0.2, 0) is 22.2 Å². The Bertz CT molecular complexity index is 1320. The number of nitriles is 1. The van der Waals surface area contributed by atoms with Crippen molar-refractivity contribution in [2.75, 3.05) is 11.9 Å². The fourth-order valence-electron chi connectivity index (χ4n) is 4.89. The summed E-state index contributed by atoms with van der Waals surface area (Å²) in [5, 5.41) is 23.2. The van der Waals surface area contributed by atoms with E-state index in [4.69, 9.17) is 5.26 Å². The maximum Gasteiger partial charge on any atom is 0.410 e. The fourth-order valence-corrected chi connectivity index (χ4v) is 8.55. The minimum absolute atomic E-state index is 0.0125. The van der Waals surface area contributed by atoms with E-state index < -0.39 is 37.6 Å². The molecule has 4 heterocycles. The van der Waals surface area contributed by atoms with E-state index in [0.29, 0.717) is 30.0 Å². The molecule has 2 atom stereocenters. The molecule has 0 bridgehead atoms. The van der Waals surface area contributed by atoms with Gasteiger partial charge in [0.25, 0.3) is 0 Å². The number of fused-ring (bicyclic) bond motifs is 1. The third-order valence-electron chi connectivity index (χ3n) is 6.91. The van der Waals surface area contributed by atoms with Crippen LogP contribution in [0.3, 0.4) is 0 Å². The highest BCUT2D eigenvalue weighted by Crippen LogP contribution is 2.48. The Morgan fingerprint density at radius 1 is 1.40 bits per heavy atom. The first-order valence-corrected chi connectivity index (χ1v) is 12.9. The van der Waals surface area contributed by atoms with Crippen molar-refractivity contribution < 1.29 is 18.5 Å². The number of aliphatic imine (C=N–C) groups is 1. The Morgan fingerprint density at radius 2 is 2.14 bits per heavy atom. The summed E-state index contributed by atoms with van der Waals surface area (Å²) in [5.74, 6) is -0.248. The Morgan fingerprint density at radius 3 is 2.80 bits per heavy atom. The lowest BCUT2D eigenvalue weighted by atomic mass is 9.89. The molecule has 10 nitrogen and oxygen atoms in total. The second kappa shape index (κ2) is 8.66. The van der Waals surface area contributed by atoms with E-state index >= 15 is 4.39 Å². The highest BCUT2D eigenvalue weighted by atomic mass is 32.3. The lowest BCUT2D eigenvalue weighted by Crippen LogP contribution is -2.66. The number of nitrogens with zero attached hydrogens (tertiary/aromatic N) is 4. The van der Waals surface area contributed by atoms with Crippen LogP contribution in [0.15, 0.2) is 29.4 Å². The molecule has 2 aromatic rings. The maximum atomic E-state index is 15.2. The number of aryl methyl sites for hydroxylation is 1. The van der Waals surface area contributed by atoms with Crippen molar-refractivity contribution in [1.29, 1.82) is 5.26 Å². The summed E-state index contributed by atoms with van der Waals surface area (Å²) in [4.78, 5) is 24.9. The van der Waals surface area contributed by atoms with Gasteiger partial charge in [0, 0.05) is 12.7 Å². The highest BCUT2D eigenvalue weighted by molar-refractivity contribution is 8.04. The summed E-state index contributed by atoms with van der Waals surface area (Å²) in [5.41, 5.74) is 0.613. The first-order valence-electron chi connectivity index (χ1n) is 11.1. The number of anilines is 1. The molecule has 0 aromatic carbocycles. The molecule has 2 aliphatic heterocycles. The zero-order valence-electron chi connectivity index (χ0n) is 19.9. The molecule has 0 unspecified atom stereocenters. The molecule has 1 amide bonds. The van der Waals surface area contributed by atoms with Gasteiger partial charge in [-0.15, -0.1) is 0 Å². The molecule has 35 heavy (non-hydrogen) atoms. The van der Waals surface area contributed by atoms with E-state index in [1.807, 2.05) is 13.0 Å². The predicted octanol–water partition coefficient (Wildman–Crippen LogP) is 2.38. The molecule has 0 radical (unpaired) electrons. The molecule has 1 fully saturated rings. The number of rotatable bonds is 4. The summed E-state index contributed by atoms with van der Waals surface area (Å²) in [7, 11) is -3.26. The van der Waals surface area contributed by atoms with Gasteiger partial charge in [0.2, 0.25) is 0 Å². The molecule has 186 valence electrons. The summed E-state index contributed by atoms with van der Waals surface area (Å²) >= 11 is 0. The molecule has 0 saturated carbocycles. The fraction of sp³-hybridized carbons (Fsp3) is 0.435. The van der Waals surface area contributed by atoms with Crippen LogP contribution in [0.1, 0.15) is 49.7 Å². The molecular formula is C23H28FN7O3S. The van der Waals surface area contributed by atoms with E-state index in [1.165, 1.54) is 18.3 Å². The minimum Gasteiger partial charge on any atom is -0.465 e. The molecule has 0 spiro atoms. The van der Waals surface area contributed by atoms with Crippen molar-refractivity contribution in [1.82, 2.24) is 20.0 Å². The Kier molecular flexibility index (Phi) is 6.11. The second-order valence-electron chi connectivity index (χ2n) is 9.45. The van der Waals surface area contributed by atoms with E-state index in [9.17, 15) is 14.1 Å². The van der Waals surface area contributed by atoms with Gasteiger partial charge >= 0.3 is 6.09 Å². The van der Waals surface area contributed by atoms with Gasteiger partial charge in [-0.05, 0) is 68.0 Å². The molecular weight excluding hydrogens is 473 g/mol. The highest BCUT2D eigenvalue weighted by Gasteiger charge is 2.59. The smallest absolute Gasteiger partial charge is 0.410 e. The molecule has 1 saturated heterocycles. The second-order valence-corrected chi connectivity index (χ2v) is 12.8. The number of hydrogen-bond acceptors (Lipinski definition) is 7. The standard InChI is InChI=1S/C23H28FN7O3S/c1-13-9-14(10-25)11-26-16(13)12-27-18-6-5-15(24)19(29-18)23(4)17-7-8-28-35(17,34)22(2,3)20(31-23)30-21(32)33/h5-6,9,11,17,35H,7-8,12H2,1-4H3,(H,27,29)(H,28,34)(H,30,31)(H,32,33)/t17-,23+/m1/s1. The van der Waals surface area contributed by atoms with Crippen molar-refractivity contribution in [3.63, 3.8) is 0 Å². The molecule has 4 rings (SSSR count). The topological polar surface area (TPSA) is 152 Å². The number of halogens is 1. The SMILES string of the molecule is Cc1cc(C#N)cnc1CNc1ccc(F)c([C@@]2(C)N=C(NC(=O)O)C(C)(C)[SH]3(=O)NCC[C@H]23)n1. The largest absolute Gasteiger partial charge is 0.465 e. The number of aromatic nitrogens is 2. The predicted molar refractivity (Wildman–Crippen MR) is 131 cm³/mol. The summed E-state index contributed by atoms with van der Waals surface area (Å²) < 4.78 is 31.4. The average molecular weight is 502 g/mol. The zero-order valence-corrected chi connectivity index (χ0v) is 20.8. The van der Waals surface area contributed by atoms with Gasteiger partial charge in [-0.3, -0.25) is 24.2 Å². The number of amides is 1. The molecule has 0 aliphatic carbocycles. The number of carboxylic acid groups (broad SMARTS) is 1. The first-order chi connectivity index (χ1) is 16.4. The quantitative estimate of drug-likeness (QED) is 0.403. The van der Waals surface area contributed by atoms with Gasteiger partial charge in [-0.1, -0.05) is 0 Å². The van der Waals surface area contributed by atoms with Gasteiger partial charge < -0.3 is 10.4 Å². The molecule has 4 N–H and O–H groups in total. The Balaban J connectivity index is 1.74. The monoisotopic (exact) mass is 501 g/mol. The van der Waals surface area contributed by atoms with Crippen LogP contribution >= 0.6 is 0 Å². The number of carbonyl (C=O) groups is 1. The van der Waals surface area contributed by atoms with Crippen LogP contribution in [0.2, 0.25) is 0 Å². The van der Waals surface area contributed by atoms with E-state index in [-0.39, 0.29) is 18.1 Å². The lowest BCUT2D eigenvalue weighted by molar-refractivity contribution is 0.199. The van der Waals surface area contributed by atoms with E-state index in [1.54, 1.807) is 26.8 Å². The van der Waals surface area contributed by atoms with Gasteiger partial charge in [-0.25, -0.2) is 14.2 Å². The number of amidine groups is 1. The van der Waals surface area contributed by atoms with Gasteiger partial charge in [0.05, 0.1) is 27.8 Å². The Hall–Kier alpha value is -3.43. The zero-order chi connectivity index (χ0) is 25.6. The van der Waals surface area contributed by atoms with Crippen LogP contribution in [0.5, 0.6) is 0 Å². The van der Waals surface area contributed by atoms with Crippen molar-refractivity contribution >= 4 is 27.9 Å². The number of pyridine rings is 2. The minimum atomic E-state index is -3.26. The lowest BCUT2D eigenvalue weighted by Gasteiger charge is -2.50. The van der Waals surface area contributed by atoms with Crippen molar-refractivity contribution in [2.45, 2.75) is 56.2 Å².